The first-order chi connectivity index (χ1) is 24.3. The molecule has 0 radical (unpaired) electrons. The lowest BCUT2D eigenvalue weighted by atomic mass is 10.1. The van der Waals surface area contributed by atoms with Crippen LogP contribution in [0.1, 0.15) is 76.8 Å². The molecule has 2 aliphatic rings. The molecule has 0 aromatic carbocycles. The minimum Gasteiger partial charge on any atom is -0.453 e. The van der Waals surface area contributed by atoms with Gasteiger partial charge in [0.1, 0.15) is 34.6 Å². The van der Waals surface area contributed by atoms with Gasteiger partial charge in [-0.2, -0.15) is 0 Å². The van der Waals surface area contributed by atoms with Crippen molar-refractivity contribution in [3.8, 4) is 0 Å². The van der Waals surface area contributed by atoms with Crippen molar-refractivity contribution in [3.63, 3.8) is 0 Å². The summed E-state index contributed by atoms with van der Waals surface area (Å²) in [5.74, 6) is -0.395. The van der Waals surface area contributed by atoms with E-state index in [2.05, 4.69) is 25.3 Å². The molecule has 4 aromatic heterocycles. The third-order valence-corrected chi connectivity index (χ3v) is 8.48. The topological polar surface area (TPSA) is 173 Å². The maximum atomic E-state index is 13.7. The number of aromatic nitrogens is 6. The summed E-state index contributed by atoms with van der Waals surface area (Å²) in [6, 6.07) is 0.557. The minimum absolute atomic E-state index is 0.00283. The van der Waals surface area contributed by atoms with Crippen LogP contribution in [0.5, 0.6) is 0 Å². The van der Waals surface area contributed by atoms with Crippen molar-refractivity contribution in [1.82, 2.24) is 34.0 Å². The number of methoxy groups -OCH3 is 2. The zero-order valence-electron chi connectivity index (χ0n) is 33.6. The van der Waals surface area contributed by atoms with Gasteiger partial charge in [-0.3, -0.25) is 18.5 Å². The van der Waals surface area contributed by atoms with Crippen molar-refractivity contribution in [1.29, 1.82) is 0 Å². The summed E-state index contributed by atoms with van der Waals surface area (Å²) in [5, 5.41) is 5.30. The minimum atomic E-state index is -3.04. The Bertz CT molecular complexity index is 2190. The van der Waals surface area contributed by atoms with Gasteiger partial charge in [-0.05, 0) is 57.1 Å². The normalized spacial score (nSPS) is 29.9. The standard InChI is InChI=1S/C29H37N9O5/c1-14-9-22(34-25-23(14)35-24(16(3)42-5)38(25)29(26(30)39)12-15(29)2)33-21-11-19-20(13-31-21)36(4)28(41)37(19)18-8-7-17(10-18)32-27(40)43-6/h9,11,13,15-18H,7-8,10,12H2,1-6H3,(H2,30,39)(H,32,40)(H,31,33,34)/t15-,16+,17+,18+,29-/m0/s1/i4D3,5D3,6D3,17D. The van der Waals surface area contributed by atoms with Crippen LogP contribution in [0.25, 0.3) is 22.2 Å². The van der Waals surface area contributed by atoms with E-state index in [-0.39, 0.29) is 59.3 Å². The molecule has 0 spiro atoms. The molecule has 14 nitrogen and oxygen atoms in total. The second-order valence-corrected chi connectivity index (χ2v) is 11.1. The van der Waals surface area contributed by atoms with Crippen LogP contribution >= 0.6 is 0 Å². The Hall–Kier alpha value is -4.46. The molecule has 4 N–H and O–H groups in total. The fourth-order valence-corrected chi connectivity index (χ4v) is 6.17. The number of carbonyl (C=O) groups is 2. The van der Waals surface area contributed by atoms with E-state index in [1.54, 1.807) is 13.0 Å². The van der Waals surface area contributed by atoms with Gasteiger partial charge in [-0.15, -0.1) is 0 Å². The average molecular weight is 602 g/mol. The number of imidazole rings is 2. The lowest BCUT2D eigenvalue weighted by Crippen LogP contribution is -2.37. The van der Waals surface area contributed by atoms with Gasteiger partial charge in [0.25, 0.3) is 0 Å². The number of anilines is 2. The van der Waals surface area contributed by atoms with E-state index in [0.29, 0.717) is 22.1 Å². The summed E-state index contributed by atoms with van der Waals surface area (Å²) in [4.78, 5) is 52.6. The zero-order valence-corrected chi connectivity index (χ0v) is 23.6. The van der Waals surface area contributed by atoms with E-state index < -0.39 is 62.4 Å². The van der Waals surface area contributed by atoms with Gasteiger partial charge < -0.3 is 25.8 Å². The van der Waals surface area contributed by atoms with Crippen LogP contribution in [0.3, 0.4) is 0 Å². The van der Waals surface area contributed by atoms with Crippen LogP contribution in [-0.4, -0.2) is 60.7 Å². The summed E-state index contributed by atoms with van der Waals surface area (Å²) in [5.41, 5.74) is 5.04. The van der Waals surface area contributed by atoms with E-state index in [0.717, 1.165) is 0 Å². The summed E-state index contributed by atoms with van der Waals surface area (Å²) in [6.07, 6.45) is -0.895. The molecule has 43 heavy (non-hydrogen) atoms. The molecule has 0 aliphatic heterocycles. The van der Waals surface area contributed by atoms with Crippen molar-refractivity contribution in [2.24, 2.45) is 18.6 Å². The largest absolute Gasteiger partial charge is 0.453 e. The number of nitrogens with one attached hydrogen (secondary N) is 2. The quantitative estimate of drug-likeness (QED) is 0.274. The Labute approximate surface area is 261 Å². The van der Waals surface area contributed by atoms with Gasteiger partial charge in [0.2, 0.25) is 5.91 Å². The number of pyridine rings is 2. The van der Waals surface area contributed by atoms with Gasteiger partial charge in [0.15, 0.2) is 5.65 Å². The SMILES string of the molecule is [2H]C([2H])([2H])OC(=O)N[C@]1([2H])CC[C@@H](n2c(=O)n(C([2H])([2H])[2H])c3cnc(Nc4cc(C)c5nc([C@@H](C)OC([2H])([2H])[2H])n([C@@]6(C(N)=O)C[C@@H]6C)c5n4)cc32)C1. The second kappa shape index (κ2) is 10.4. The molecule has 2 aliphatic carbocycles. The lowest BCUT2D eigenvalue weighted by Gasteiger charge is -2.21. The molecule has 4 aromatic rings. The van der Waals surface area contributed by atoms with Crippen LogP contribution in [-0.2, 0) is 26.8 Å². The van der Waals surface area contributed by atoms with Crippen LogP contribution in [0.15, 0.2) is 23.1 Å². The number of nitrogens with two attached hydrogens (primary N) is 1. The molecule has 14 heteroatoms. The van der Waals surface area contributed by atoms with Crippen molar-refractivity contribution >= 4 is 45.8 Å². The van der Waals surface area contributed by atoms with Gasteiger partial charge in [0.05, 0.1) is 33.9 Å². The molecule has 2 amide bonds. The predicted molar refractivity (Wildman–Crippen MR) is 159 cm³/mol. The summed E-state index contributed by atoms with van der Waals surface area (Å²) in [7, 11) is -5.80. The first-order valence-corrected chi connectivity index (χ1v) is 13.6. The summed E-state index contributed by atoms with van der Waals surface area (Å²) in [6.45, 7) is 2.14. The fraction of sp³-hybridized carbons (Fsp3) is 0.517. The van der Waals surface area contributed by atoms with E-state index in [9.17, 15) is 14.4 Å². The van der Waals surface area contributed by atoms with Gasteiger partial charge in [-0.1, -0.05) is 6.92 Å². The summed E-state index contributed by atoms with van der Waals surface area (Å²) >= 11 is 0. The maximum Gasteiger partial charge on any atom is 0.407 e. The Balaban J connectivity index is 1.41. The smallest absolute Gasteiger partial charge is 0.407 e. The number of primary amides is 1. The number of fused-ring (bicyclic) bond motifs is 2. The Morgan fingerprint density at radius 1 is 1.23 bits per heavy atom. The van der Waals surface area contributed by atoms with E-state index in [1.807, 2.05) is 6.92 Å². The lowest BCUT2D eigenvalue weighted by molar-refractivity contribution is -0.122. The highest BCUT2D eigenvalue weighted by molar-refractivity contribution is 5.90. The maximum absolute atomic E-state index is 13.7. The molecule has 0 unspecified atom stereocenters. The number of amides is 2. The number of ether oxygens (including phenoxy) is 2. The monoisotopic (exact) mass is 601 g/mol. The molecule has 228 valence electrons. The summed E-state index contributed by atoms with van der Waals surface area (Å²) < 4.78 is 90.1. The Morgan fingerprint density at radius 2 is 2.05 bits per heavy atom. The van der Waals surface area contributed by atoms with Crippen molar-refractivity contribution in [2.75, 3.05) is 19.4 Å². The molecule has 2 saturated carbocycles. The number of rotatable bonds is 8. The highest BCUT2D eigenvalue weighted by atomic mass is 16.5. The van der Waals surface area contributed by atoms with Crippen molar-refractivity contribution in [3.05, 3.63) is 40.2 Å². The zero-order chi connectivity index (χ0) is 39.2. The highest BCUT2D eigenvalue weighted by Gasteiger charge is 2.60. The van der Waals surface area contributed by atoms with Crippen LogP contribution in [0.4, 0.5) is 16.4 Å². The van der Waals surface area contributed by atoms with Crippen LogP contribution in [0.2, 0.25) is 0 Å². The molecule has 4 heterocycles. The van der Waals surface area contributed by atoms with E-state index in [1.165, 1.54) is 28.3 Å². The predicted octanol–water partition coefficient (Wildman–Crippen LogP) is 2.91. The third kappa shape index (κ3) is 4.51. The number of carbonyl (C=O) groups excluding carboxylic acids is 2. The molecule has 0 saturated heterocycles. The Morgan fingerprint density at radius 3 is 2.74 bits per heavy atom. The third-order valence-electron chi connectivity index (χ3n) is 8.48. The number of hydrogen-bond acceptors (Lipinski definition) is 9. The van der Waals surface area contributed by atoms with E-state index in [4.69, 9.17) is 29.2 Å². The highest BCUT2D eigenvalue weighted by Crippen LogP contribution is 2.52. The van der Waals surface area contributed by atoms with Gasteiger partial charge in [-0.25, -0.2) is 24.5 Å². The van der Waals surface area contributed by atoms with E-state index >= 15 is 0 Å². The molecular formula is C29H37N9O5. The van der Waals surface area contributed by atoms with Gasteiger partial charge >= 0.3 is 11.8 Å². The molecule has 6 rings (SSSR count). The van der Waals surface area contributed by atoms with Crippen LogP contribution in [0, 0.1) is 12.8 Å². The number of aryl methyl sites for hydroxylation is 2. The number of hydrogen-bond donors (Lipinski definition) is 3. The first kappa shape index (κ1) is 18.9. The number of nitrogens with zero attached hydrogens (tertiary/aromatic N) is 6. The molecule has 2 fully saturated rings. The van der Waals surface area contributed by atoms with Crippen molar-refractivity contribution in [2.45, 2.75) is 70.2 Å². The Kier molecular flexibility index (Phi) is 4.57. The number of alkyl carbamates (subject to hydrolysis) is 1. The molecule has 5 atom stereocenters. The first-order valence-electron chi connectivity index (χ1n) is 18.6. The average Bonchev–Trinajstić information content (AvgIpc) is 3.23. The van der Waals surface area contributed by atoms with Gasteiger partial charge in [0, 0.05) is 36.3 Å². The molecular weight excluding hydrogens is 554 g/mol. The second-order valence-electron chi connectivity index (χ2n) is 11.1. The van der Waals surface area contributed by atoms with Crippen molar-refractivity contribution < 1.29 is 32.8 Å². The van der Waals surface area contributed by atoms with Crippen LogP contribution < -0.4 is 22.1 Å². The molecule has 0 bridgehead atoms. The fourth-order valence-electron chi connectivity index (χ4n) is 6.17.